The fraction of sp³-hybridized carbons (Fsp3) is 0.545. The molecule has 2 rings (SSSR count). The average molecular weight is 606 g/mol. The van der Waals surface area contributed by atoms with Crippen molar-refractivity contribution >= 4 is 39.6 Å². The van der Waals surface area contributed by atoms with Crippen molar-refractivity contribution in [2.24, 2.45) is 5.41 Å². The molecule has 0 unspecified atom stereocenters. The zero-order chi connectivity index (χ0) is 29.4. The van der Waals surface area contributed by atoms with Crippen LogP contribution in [-0.4, -0.2) is 64.6 Å². The van der Waals surface area contributed by atoms with Crippen molar-refractivity contribution in [1.29, 1.82) is 0 Å². The number of benzene rings is 1. The summed E-state index contributed by atoms with van der Waals surface area (Å²) in [6.45, 7) is -3.69. The maximum Gasteiger partial charge on any atom is 0.330 e. The Kier molecular flexibility index (Phi) is 13.8. The molecule has 1 aromatic rings. The second kappa shape index (κ2) is 17.0. The summed E-state index contributed by atoms with van der Waals surface area (Å²) >= 11 is 0. The molecule has 220 valence electrons. The number of rotatable bonds is 19. The normalized spacial score (nSPS) is 14.8. The molecule has 40 heavy (non-hydrogen) atoms. The van der Waals surface area contributed by atoms with Gasteiger partial charge in [-0.05, 0) is 43.0 Å². The highest BCUT2D eigenvalue weighted by atomic mass is 33.1. The Labute approximate surface area is 235 Å². The van der Waals surface area contributed by atoms with E-state index in [1.165, 1.54) is 18.2 Å². The molecule has 1 aliphatic heterocycles. The van der Waals surface area contributed by atoms with Gasteiger partial charge in [0.2, 0.25) is 0 Å². The molecule has 16 nitrogen and oxygen atoms in total. The molecule has 0 aromatic heterocycles. The van der Waals surface area contributed by atoms with Crippen molar-refractivity contribution in [3.63, 3.8) is 0 Å². The van der Waals surface area contributed by atoms with E-state index in [4.69, 9.17) is 9.47 Å². The maximum atomic E-state index is 12.2. The van der Waals surface area contributed by atoms with E-state index < -0.39 is 53.1 Å². The predicted molar refractivity (Wildman–Crippen MR) is 140 cm³/mol. The van der Waals surface area contributed by atoms with Gasteiger partial charge in [0.25, 0.3) is 15.3 Å². The Hall–Kier alpha value is -3.80. The first-order valence-corrected chi connectivity index (χ1v) is 14.2. The Morgan fingerprint density at radius 3 is 2.05 bits per heavy atom. The van der Waals surface area contributed by atoms with Gasteiger partial charge in [0.05, 0.1) is 5.41 Å². The van der Waals surface area contributed by atoms with Crippen LogP contribution in [0, 0.1) is 35.8 Å². The van der Waals surface area contributed by atoms with Crippen molar-refractivity contribution in [2.75, 3.05) is 32.2 Å². The second-order valence-electron chi connectivity index (χ2n) is 8.55. The van der Waals surface area contributed by atoms with E-state index in [0.29, 0.717) is 23.0 Å². The molecule has 0 spiro atoms. The molecule has 0 radical (unpaired) electrons. The average Bonchev–Trinajstić information content (AvgIpc) is 3.43. The van der Waals surface area contributed by atoms with Crippen molar-refractivity contribution in [1.82, 2.24) is 0 Å². The molecule has 1 fully saturated rings. The van der Waals surface area contributed by atoms with Crippen LogP contribution in [0.15, 0.2) is 30.3 Å². The number of unbranched alkanes of at least 4 members (excludes halogenated alkanes) is 1. The summed E-state index contributed by atoms with van der Waals surface area (Å²) < 4.78 is 10.3. The lowest BCUT2D eigenvalue weighted by Gasteiger charge is -2.29. The highest BCUT2D eigenvalue weighted by molar-refractivity contribution is 8.77. The minimum atomic E-state index is -1.95. The fourth-order valence-corrected chi connectivity index (χ4v) is 6.32. The largest absolute Gasteiger partial charge is 0.462 e. The van der Waals surface area contributed by atoms with Gasteiger partial charge in [-0.25, -0.2) is 4.79 Å². The van der Waals surface area contributed by atoms with Crippen molar-refractivity contribution in [3.8, 4) is 5.75 Å². The number of carbonyl (C=O) groups excluding carboxylic acids is 2. The van der Waals surface area contributed by atoms with Crippen LogP contribution >= 0.6 is 21.6 Å². The molecule has 0 saturated carbocycles. The fourth-order valence-electron chi connectivity index (χ4n) is 3.29. The number of esters is 2. The van der Waals surface area contributed by atoms with Crippen LogP contribution in [0.5, 0.6) is 5.75 Å². The lowest BCUT2D eigenvalue weighted by molar-refractivity contribution is -0.782. The Morgan fingerprint density at radius 2 is 1.52 bits per heavy atom. The highest BCUT2D eigenvalue weighted by Gasteiger charge is 2.37. The van der Waals surface area contributed by atoms with E-state index in [1.54, 1.807) is 24.3 Å². The Balaban J connectivity index is 1.86. The summed E-state index contributed by atoms with van der Waals surface area (Å²) in [4.78, 5) is 68.6. The molecule has 1 aromatic carbocycles. The first kappa shape index (κ1) is 32.4. The highest BCUT2D eigenvalue weighted by Crippen LogP contribution is 2.39. The summed E-state index contributed by atoms with van der Waals surface area (Å²) in [6.07, 6.45) is 6.65. The summed E-state index contributed by atoms with van der Waals surface area (Å²) in [5.41, 5.74) is -1.42. The standard InChI is InChI=1S/C22H27N3O13S2/c26-20(34-13-22(14-35-23(28)29,15-36-24(30)31)16-37-25(32)33)10-7-17-5-8-18(9-6-17)38-21(27)4-2-1-3-19-11-12-39-40-19/h5-10,19H,1-4,11-16H2/b10-7+/t19-/m1/s1. The number of nitrogens with zero attached hydrogens (tertiary/aromatic N) is 3. The second-order valence-corrected chi connectivity index (χ2v) is 11.3. The van der Waals surface area contributed by atoms with Gasteiger partial charge >= 0.3 is 11.9 Å². The number of hydrogen-bond acceptors (Lipinski definition) is 15. The van der Waals surface area contributed by atoms with Crippen LogP contribution in [0.25, 0.3) is 6.08 Å². The molecular formula is C22H27N3O13S2. The summed E-state index contributed by atoms with van der Waals surface area (Å²) in [5.74, 6) is 0.193. The van der Waals surface area contributed by atoms with Gasteiger partial charge in [-0.3, -0.25) is 4.79 Å². The van der Waals surface area contributed by atoms with Crippen LogP contribution in [0.4, 0.5) is 0 Å². The predicted octanol–water partition coefficient (Wildman–Crippen LogP) is 3.47. The first-order valence-electron chi connectivity index (χ1n) is 11.8. The number of ether oxygens (including phenoxy) is 2. The van der Waals surface area contributed by atoms with Gasteiger partial charge in [0, 0.05) is 23.5 Å². The monoisotopic (exact) mass is 605 g/mol. The summed E-state index contributed by atoms with van der Waals surface area (Å²) in [6, 6.07) is 6.23. The first-order chi connectivity index (χ1) is 19.1. The smallest absolute Gasteiger partial charge is 0.330 e. The van der Waals surface area contributed by atoms with E-state index in [1.807, 2.05) is 21.6 Å². The lowest BCUT2D eigenvalue weighted by Crippen LogP contribution is -2.43. The Bertz CT molecular complexity index is 1000. The quantitative estimate of drug-likeness (QED) is 0.0420. The van der Waals surface area contributed by atoms with Crippen LogP contribution in [0.3, 0.4) is 0 Å². The molecule has 0 aliphatic carbocycles. The molecule has 1 atom stereocenters. The van der Waals surface area contributed by atoms with E-state index in [-0.39, 0.29) is 5.97 Å². The van der Waals surface area contributed by atoms with Crippen molar-refractivity contribution in [3.05, 3.63) is 66.2 Å². The van der Waals surface area contributed by atoms with Crippen LogP contribution in [0.2, 0.25) is 0 Å². The van der Waals surface area contributed by atoms with Gasteiger partial charge in [-0.15, -0.1) is 30.3 Å². The van der Waals surface area contributed by atoms with Crippen molar-refractivity contribution in [2.45, 2.75) is 37.4 Å². The molecule has 0 N–H and O–H groups in total. The number of hydrogen-bond donors (Lipinski definition) is 0. The van der Waals surface area contributed by atoms with Gasteiger partial charge in [-0.2, -0.15) is 0 Å². The van der Waals surface area contributed by atoms with E-state index in [2.05, 4.69) is 14.5 Å². The molecular weight excluding hydrogens is 578 g/mol. The van der Waals surface area contributed by atoms with Crippen LogP contribution in [-0.2, 0) is 28.8 Å². The summed E-state index contributed by atoms with van der Waals surface area (Å²) in [7, 11) is 3.79. The third-order valence-electron chi connectivity index (χ3n) is 5.36. The topological polar surface area (TPSA) is 210 Å². The maximum absolute atomic E-state index is 12.2. The van der Waals surface area contributed by atoms with Crippen LogP contribution in [0.1, 0.15) is 37.7 Å². The van der Waals surface area contributed by atoms with Gasteiger partial charge < -0.3 is 24.0 Å². The van der Waals surface area contributed by atoms with E-state index >= 15 is 0 Å². The summed E-state index contributed by atoms with van der Waals surface area (Å²) in [5, 5.41) is 28.7. The van der Waals surface area contributed by atoms with Gasteiger partial charge in [0.1, 0.15) is 32.2 Å². The lowest BCUT2D eigenvalue weighted by atomic mass is 9.92. The molecule has 0 bridgehead atoms. The van der Waals surface area contributed by atoms with Gasteiger partial charge in [0.15, 0.2) is 0 Å². The van der Waals surface area contributed by atoms with Crippen molar-refractivity contribution < 1.29 is 48.8 Å². The number of carbonyl (C=O) groups is 2. The van der Waals surface area contributed by atoms with Gasteiger partial charge in [-0.1, -0.05) is 40.1 Å². The Morgan fingerprint density at radius 1 is 0.925 bits per heavy atom. The van der Waals surface area contributed by atoms with E-state index in [0.717, 1.165) is 25.3 Å². The molecule has 0 amide bonds. The molecule has 1 saturated heterocycles. The van der Waals surface area contributed by atoms with Crippen LogP contribution < -0.4 is 4.74 Å². The molecule has 1 aliphatic rings. The zero-order valence-electron chi connectivity index (χ0n) is 21.1. The minimum Gasteiger partial charge on any atom is -0.462 e. The SMILES string of the molecule is O=C(/C=C/c1ccc(OC(=O)CCCC[C@@H]2CCSS2)cc1)OCC(CO[N+](=O)[O-])(CO[N+](=O)[O-])CO[N+](=O)[O-]. The third kappa shape index (κ3) is 13.3. The minimum absolute atomic E-state index is 0.311. The zero-order valence-corrected chi connectivity index (χ0v) is 22.7. The molecule has 18 heteroatoms. The van der Waals surface area contributed by atoms with E-state index in [9.17, 15) is 39.9 Å². The third-order valence-corrected chi connectivity index (χ3v) is 8.36. The molecule has 1 heterocycles.